The Morgan fingerprint density at radius 3 is 2.66 bits per heavy atom. The summed E-state index contributed by atoms with van der Waals surface area (Å²) in [4.78, 5) is 32.6. The summed E-state index contributed by atoms with van der Waals surface area (Å²) in [6.45, 7) is 5.51. The highest BCUT2D eigenvalue weighted by Crippen LogP contribution is 2.35. The molecular formula is C24H29N5O3. The largest absolute Gasteiger partial charge is 0.442 e. The lowest BCUT2D eigenvalue weighted by atomic mass is 9.92. The zero-order chi connectivity index (χ0) is 22.6. The fourth-order valence-electron chi connectivity index (χ4n) is 4.60. The first kappa shape index (κ1) is 20.7. The maximum atomic E-state index is 13.7. The Labute approximate surface area is 187 Å². The van der Waals surface area contributed by atoms with Crippen molar-refractivity contribution in [1.82, 2.24) is 24.2 Å². The van der Waals surface area contributed by atoms with Crippen molar-refractivity contribution in [2.45, 2.75) is 70.6 Å². The smallest absolute Gasteiger partial charge is 0.435 e. The molecular weight excluding hydrogens is 406 g/mol. The van der Waals surface area contributed by atoms with Gasteiger partial charge in [-0.15, -0.1) is 0 Å². The summed E-state index contributed by atoms with van der Waals surface area (Å²) in [5.74, 6) is -0.00251. The van der Waals surface area contributed by atoms with Crippen LogP contribution in [0.25, 0.3) is 10.9 Å². The number of aromatic nitrogens is 4. The minimum Gasteiger partial charge on any atom is -0.442 e. The molecule has 0 N–H and O–H groups in total. The van der Waals surface area contributed by atoms with Gasteiger partial charge in [0.1, 0.15) is 11.3 Å². The average Bonchev–Trinajstić information content (AvgIpc) is 3.35. The molecule has 8 heteroatoms. The Morgan fingerprint density at radius 1 is 1.16 bits per heavy atom. The van der Waals surface area contributed by atoms with Crippen LogP contribution < -0.4 is 0 Å². The molecule has 32 heavy (non-hydrogen) atoms. The highest BCUT2D eigenvalue weighted by Gasteiger charge is 2.40. The summed E-state index contributed by atoms with van der Waals surface area (Å²) >= 11 is 0. The van der Waals surface area contributed by atoms with Gasteiger partial charge in [-0.1, -0.05) is 0 Å². The molecule has 168 valence electrons. The van der Waals surface area contributed by atoms with Gasteiger partial charge in [0.05, 0.1) is 11.2 Å². The van der Waals surface area contributed by atoms with Crippen molar-refractivity contribution in [1.29, 1.82) is 0 Å². The number of fused-ring (bicyclic) bond motifs is 2. The van der Waals surface area contributed by atoms with Gasteiger partial charge >= 0.3 is 6.09 Å². The molecule has 2 aliphatic carbocycles. The van der Waals surface area contributed by atoms with Gasteiger partial charge in [0.2, 0.25) is 0 Å². The van der Waals surface area contributed by atoms with Crippen LogP contribution in [-0.2, 0) is 24.6 Å². The van der Waals surface area contributed by atoms with Gasteiger partial charge in [-0.2, -0.15) is 9.78 Å². The molecule has 0 aromatic carbocycles. The monoisotopic (exact) mass is 435 g/mol. The molecule has 0 bridgehead atoms. The lowest BCUT2D eigenvalue weighted by Crippen LogP contribution is -2.45. The van der Waals surface area contributed by atoms with E-state index in [0.29, 0.717) is 12.1 Å². The molecule has 8 nitrogen and oxygen atoms in total. The Balaban J connectivity index is 1.40. The molecule has 3 heterocycles. The van der Waals surface area contributed by atoms with Gasteiger partial charge in [0.15, 0.2) is 0 Å². The highest BCUT2D eigenvalue weighted by molar-refractivity contribution is 6.05. The molecule has 0 radical (unpaired) electrons. The molecule has 2 aliphatic rings. The van der Waals surface area contributed by atoms with E-state index in [9.17, 15) is 9.59 Å². The Hall–Kier alpha value is -3.16. The minimum atomic E-state index is -0.577. The Kier molecular flexibility index (Phi) is 4.83. The number of hydrogen-bond acceptors (Lipinski definition) is 5. The molecule has 3 aromatic heterocycles. The maximum absolute atomic E-state index is 13.7. The lowest BCUT2D eigenvalue weighted by Gasteiger charge is -2.34. The van der Waals surface area contributed by atoms with Crippen LogP contribution in [0.1, 0.15) is 61.8 Å². The van der Waals surface area contributed by atoms with E-state index in [1.54, 1.807) is 12.4 Å². The van der Waals surface area contributed by atoms with E-state index >= 15 is 0 Å². The second kappa shape index (κ2) is 7.46. The molecule has 1 unspecified atom stereocenters. The summed E-state index contributed by atoms with van der Waals surface area (Å²) in [6.07, 6.45) is 9.26. The Bertz CT molecular complexity index is 1200. The van der Waals surface area contributed by atoms with Crippen molar-refractivity contribution in [2.24, 2.45) is 7.05 Å². The van der Waals surface area contributed by atoms with E-state index < -0.39 is 11.7 Å². The minimum absolute atomic E-state index is 0.00251. The van der Waals surface area contributed by atoms with Gasteiger partial charge < -0.3 is 14.2 Å². The van der Waals surface area contributed by atoms with E-state index in [2.05, 4.69) is 10.1 Å². The zero-order valence-electron chi connectivity index (χ0n) is 19.0. The second-order valence-electron chi connectivity index (χ2n) is 9.89. The Morgan fingerprint density at radius 2 is 1.94 bits per heavy atom. The quantitative estimate of drug-likeness (QED) is 0.626. The van der Waals surface area contributed by atoms with Crippen LogP contribution in [0, 0.1) is 0 Å². The number of carbonyl (C=O) groups is 2. The van der Waals surface area contributed by atoms with Crippen LogP contribution >= 0.6 is 0 Å². The summed E-state index contributed by atoms with van der Waals surface area (Å²) < 4.78 is 8.76. The number of pyridine rings is 1. The van der Waals surface area contributed by atoms with Crippen molar-refractivity contribution >= 4 is 22.9 Å². The molecule has 0 spiro atoms. The molecule has 1 saturated carbocycles. The first-order valence-corrected chi connectivity index (χ1v) is 11.2. The van der Waals surface area contributed by atoms with Gasteiger partial charge in [0.25, 0.3) is 5.91 Å². The van der Waals surface area contributed by atoms with Crippen LogP contribution in [-0.4, -0.2) is 53.9 Å². The van der Waals surface area contributed by atoms with Gasteiger partial charge in [-0.3, -0.25) is 9.78 Å². The average molecular weight is 436 g/mol. The van der Waals surface area contributed by atoms with Crippen molar-refractivity contribution in [2.75, 3.05) is 0 Å². The molecule has 0 saturated heterocycles. The summed E-state index contributed by atoms with van der Waals surface area (Å²) in [5, 5.41) is 5.35. The number of amides is 1. The number of ether oxygens (including phenoxy) is 1. The summed E-state index contributed by atoms with van der Waals surface area (Å²) in [6, 6.07) is 4.23. The molecule has 3 aromatic rings. The van der Waals surface area contributed by atoms with Crippen LogP contribution in [0.2, 0.25) is 0 Å². The lowest BCUT2D eigenvalue weighted by molar-refractivity contribution is 0.0513. The standard InChI is InChI=1S/C24H29N5O3/c1-24(2,3)32-23(31)28-14-15-13-17(7-8-19(15)26-28)29(16-5-6-16)22(30)21-18-10-12-27(4)20(18)9-11-25-21/h9-12,14,16-17H,5-8,13H2,1-4H3. The molecule has 5 rings (SSSR count). The first-order valence-electron chi connectivity index (χ1n) is 11.2. The predicted octanol–water partition coefficient (Wildman–Crippen LogP) is 3.72. The second-order valence-corrected chi connectivity index (χ2v) is 9.89. The third kappa shape index (κ3) is 3.78. The van der Waals surface area contributed by atoms with E-state index in [1.165, 1.54) is 4.68 Å². The number of aryl methyl sites for hydroxylation is 2. The molecule has 1 atom stereocenters. The fourth-order valence-corrected chi connectivity index (χ4v) is 4.60. The van der Waals surface area contributed by atoms with Crippen molar-refractivity contribution in [3.05, 3.63) is 47.7 Å². The van der Waals surface area contributed by atoms with Gasteiger partial charge in [-0.05, 0) is 70.6 Å². The van der Waals surface area contributed by atoms with E-state index in [1.807, 2.05) is 55.6 Å². The number of rotatable bonds is 3. The van der Waals surface area contributed by atoms with Gasteiger partial charge in [0, 0.05) is 43.1 Å². The van der Waals surface area contributed by atoms with Crippen molar-refractivity contribution in [3.8, 4) is 0 Å². The van der Waals surface area contributed by atoms with Crippen LogP contribution in [0.3, 0.4) is 0 Å². The zero-order valence-corrected chi connectivity index (χ0v) is 19.0. The summed E-state index contributed by atoms with van der Waals surface area (Å²) in [5.41, 5.74) is 2.87. The number of hydrogen-bond donors (Lipinski definition) is 0. The van der Waals surface area contributed by atoms with E-state index in [-0.39, 0.29) is 18.0 Å². The third-order valence-corrected chi connectivity index (χ3v) is 6.21. The van der Waals surface area contributed by atoms with Gasteiger partial charge in [-0.25, -0.2) is 4.79 Å². The molecule has 1 fully saturated rings. The fraction of sp³-hybridized carbons (Fsp3) is 0.500. The van der Waals surface area contributed by atoms with Crippen LogP contribution in [0.15, 0.2) is 30.7 Å². The summed E-state index contributed by atoms with van der Waals surface area (Å²) in [7, 11) is 1.97. The first-order chi connectivity index (χ1) is 15.2. The number of carbonyl (C=O) groups excluding carboxylic acids is 2. The third-order valence-electron chi connectivity index (χ3n) is 6.21. The van der Waals surface area contributed by atoms with Crippen molar-refractivity contribution < 1.29 is 14.3 Å². The highest BCUT2D eigenvalue weighted by atomic mass is 16.6. The maximum Gasteiger partial charge on any atom is 0.435 e. The van der Waals surface area contributed by atoms with E-state index in [0.717, 1.165) is 47.8 Å². The van der Waals surface area contributed by atoms with Crippen LogP contribution in [0.5, 0.6) is 0 Å². The molecule has 0 aliphatic heterocycles. The normalized spacial score (nSPS) is 18.4. The van der Waals surface area contributed by atoms with Crippen LogP contribution in [0.4, 0.5) is 4.79 Å². The topological polar surface area (TPSA) is 82.2 Å². The molecule has 1 amide bonds. The van der Waals surface area contributed by atoms with Crippen molar-refractivity contribution in [3.63, 3.8) is 0 Å². The predicted molar refractivity (Wildman–Crippen MR) is 120 cm³/mol. The SMILES string of the molecule is Cn1ccc2c(C(=O)N(C3CC3)C3CCc4nn(C(=O)OC(C)(C)C)cc4C3)nccc21. The van der Waals surface area contributed by atoms with E-state index in [4.69, 9.17) is 4.74 Å². The number of nitrogens with zero attached hydrogens (tertiary/aromatic N) is 5.